The lowest BCUT2D eigenvalue weighted by Gasteiger charge is -2.23. The van der Waals surface area contributed by atoms with Gasteiger partial charge in [0.25, 0.3) is 0 Å². The molecule has 1 saturated heterocycles. The first-order valence-electron chi connectivity index (χ1n) is 8.79. The number of aromatic nitrogens is 3. The molecule has 0 radical (unpaired) electrons. The Bertz CT molecular complexity index is 778. The van der Waals surface area contributed by atoms with Crippen LogP contribution in [0.3, 0.4) is 0 Å². The number of hydrogen-bond acceptors (Lipinski definition) is 6. The second kappa shape index (κ2) is 6.84. The second-order valence-corrected chi connectivity index (χ2v) is 6.67. The minimum atomic E-state index is 0.151. The molecule has 0 saturated carbocycles. The quantitative estimate of drug-likeness (QED) is 0.926. The average Bonchev–Trinajstić information content (AvgIpc) is 3.24. The number of hydrogen-bond donors (Lipinski definition) is 1. The largest absolute Gasteiger partial charge is 0.474 e. The lowest BCUT2D eigenvalue weighted by atomic mass is 10.1. The predicted molar refractivity (Wildman–Crippen MR) is 95.2 cm³/mol. The number of nitrogens with zero attached hydrogens (tertiary/aromatic N) is 4. The van der Waals surface area contributed by atoms with Crippen molar-refractivity contribution < 1.29 is 9.47 Å². The van der Waals surface area contributed by atoms with E-state index in [0.717, 1.165) is 48.7 Å². The zero-order chi connectivity index (χ0) is 17.2. The van der Waals surface area contributed by atoms with Crippen LogP contribution in [0.25, 0.3) is 0 Å². The molecule has 132 valence electrons. The molecule has 0 unspecified atom stereocenters. The van der Waals surface area contributed by atoms with Crippen molar-refractivity contribution in [3.05, 3.63) is 35.8 Å². The van der Waals surface area contributed by atoms with E-state index < -0.39 is 0 Å². The first-order chi connectivity index (χ1) is 12.2. The summed E-state index contributed by atoms with van der Waals surface area (Å²) in [5, 5.41) is 7.74. The van der Waals surface area contributed by atoms with Crippen molar-refractivity contribution in [2.24, 2.45) is 4.99 Å². The third kappa shape index (κ3) is 3.37. The first kappa shape index (κ1) is 16.1. The lowest BCUT2D eigenvalue weighted by Crippen LogP contribution is -2.27. The molecule has 0 spiro atoms. The van der Waals surface area contributed by atoms with Crippen LogP contribution in [0.5, 0.6) is 5.88 Å². The highest BCUT2D eigenvalue weighted by Gasteiger charge is 2.25. The standard InChI is InChI=1S/C18H23N5O2/c1-12(2)23-11-14(10-21-23)22-17-16-13(9-20-17)3-6-19-18(16)25-15-4-7-24-8-5-15/h3,6,10-12,15H,4-5,7-9H2,1-2H3,(H,20,22). The molecule has 0 bridgehead atoms. The predicted octanol–water partition coefficient (Wildman–Crippen LogP) is 2.79. The minimum Gasteiger partial charge on any atom is -0.474 e. The summed E-state index contributed by atoms with van der Waals surface area (Å²) in [7, 11) is 0. The van der Waals surface area contributed by atoms with Gasteiger partial charge in [-0.3, -0.25) is 9.67 Å². The fraction of sp³-hybridized carbons (Fsp3) is 0.500. The number of amidine groups is 1. The lowest BCUT2D eigenvalue weighted by molar-refractivity contribution is 0.0236. The van der Waals surface area contributed by atoms with Crippen LogP contribution in [-0.2, 0) is 11.3 Å². The van der Waals surface area contributed by atoms with Crippen LogP contribution in [0.4, 0.5) is 5.69 Å². The summed E-state index contributed by atoms with van der Waals surface area (Å²) < 4.78 is 13.5. The topological polar surface area (TPSA) is 73.6 Å². The molecule has 0 amide bonds. The van der Waals surface area contributed by atoms with Gasteiger partial charge in [-0.1, -0.05) is 0 Å². The van der Waals surface area contributed by atoms with E-state index in [1.165, 1.54) is 0 Å². The Hall–Kier alpha value is -2.41. The fourth-order valence-corrected chi connectivity index (χ4v) is 3.07. The maximum atomic E-state index is 6.18. The summed E-state index contributed by atoms with van der Waals surface area (Å²) in [5.41, 5.74) is 3.02. The maximum absolute atomic E-state index is 6.18. The van der Waals surface area contributed by atoms with Crippen molar-refractivity contribution in [2.75, 3.05) is 18.5 Å². The monoisotopic (exact) mass is 341 g/mol. The number of pyridine rings is 1. The minimum absolute atomic E-state index is 0.151. The molecular formula is C18H23N5O2. The number of fused-ring (bicyclic) bond motifs is 1. The van der Waals surface area contributed by atoms with Crippen LogP contribution in [0.15, 0.2) is 29.6 Å². The molecule has 0 aromatic carbocycles. The Morgan fingerprint density at radius 2 is 2.16 bits per heavy atom. The first-order valence-corrected chi connectivity index (χ1v) is 8.79. The van der Waals surface area contributed by atoms with E-state index in [4.69, 9.17) is 9.47 Å². The smallest absolute Gasteiger partial charge is 0.225 e. The number of aliphatic imine (C=N–C) groups is 1. The second-order valence-electron chi connectivity index (χ2n) is 6.67. The van der Waals surface area contributed by atoms with Crippen molar-refractivity contribution in [2.45, 2.75) is 45.4 Å². The van der Waals surface area contributed by atoms with Crippen molar-refractivity contribution in [1.29, 1.82) is 0 Å². The summed E-state index contributed by atoms with van der Waals surface area (Å²) in [4.78, 5) is 9.10. The van der Waals surface area contributed by atoms with Crippen LogP contribution >= 0.6 is 0 Å². The summed E-state index contributed by atoms with van der Waals surface area (Å²) >= 11 is 0. The van der Waals surface area contributed by atoms with E-state index in [9.17, 15) is 0 Å². The molecule has 2 aromatic heterocycles. The number of anilines is 1. The third-order valence-electron chi connectivity index (χ3n) is 4.49. The van der Waals surface area contributed by atoms with Gasteiger partial charge in [0.1, 0.15) is 11.9 Å². The van der Waals surface area contributed by atoms with E-state index in [0.29, 0.717) is 18.5 Å². The SMILES string of the molecule is CC(C)n1cc(NC2=NCc3ccnc(OC4CCOCC4)c32)cn1. The van der Waals surface area contributed by atoms with Gasteiger partial charge in [0.2, 0.25) is 5.88 Å². The molecule has 0 atom stereocenters. The molecule has 2 aliphatic heterocycles. The Morgan fingerprint density at radius 1 is 1.32 bits per heavy atom. The summed E-state index contributed by atoms with van der Waals surface area (Å²) in [6.07, 6.45) is 7.54. The van der Waals surface area contributed by atoms with Crippen LogP contribution in [0.1, 0.15) is 43.9 Å². The highest BCUT2D eigenvalue weighted by molar-refractivity contribution is 6.12. The molecule has 2 aromatic rings. The summed E-state index contributed by atoms with van der Waals surface area (Å²) in [6, 6.07) is 2.32. The van der Waals surface area contributed by atoms with Gasteiger partial charge in [-0.2, -0.15) is 5.10 Å². The highest BCUT2D eigenvalue weighted by atomic mass is 16.5. The van der Waals surface area contributed by atoms with Crippen molar-refractivity contribution in [3.8, 4) is 5.88 Å². The van der Waals surface area contributed by atoms with Gasteiger partial charge in [-0.15, -0.1) is 0 Å². The molecule has 4 heterocycles. The van der Waals surface area contributed by atoms with Crippen molar-refractivity contribution in [1.82, 2.24) is 14.8 Å². The molecular weight excluding hydrogens is 318 g/mol. The van der Waals surface area contributed by atoms with Crippen LogP contribution in [0, 0.1) is 0 Å². The van der Waals surface area contributed by atoms with Gasteiger partial charge in [-0.25, -0.2) is 4.98 Å². The van der Waals surface area contributed by atoms with E-state index in [1.807, 2.05) is 23.1 Å². The molecule has 25 heavy (non-hydrogen) atoms. The maximum Gasteiger partial charge on any atom is 0.225 e. The van der Waals surface area contributed by atoms with Crippen molar-refractivity contribution >= 4 is 11.5 Å². The average molecular weight is 341 g/mol. The molecule has 2 aliphatic rings. The van der Waals surface area contributed by atoms with Gasteiger partial charge in [-0.05, 0) is 25.5 Å². The van der Waals surface area contributed by atoms with Gasteiger partial charge in [0.05, 0.1) is 37.2 Å². The molecule has 0 aliphatic carbocycles. The van der Waals surface area contributed by atoms with E-state index in [2.05, 4.69) is 34.2 Å². The number of nitrogens with one attached hydrogen (secondary N) is 1. The number of rotatable bonds is 4. The van der Waals surface area contributed by atoms with E-state index >= 15 is 0 Å². The summed E-state index contributed by atoms with van der Waals surface area (Å²) in [6.45, 7) is 6.33. The normalized spacial score (nSPS) is 17.5. The van der Waals surface area contributed by atoms with Gasteiger partial charge in [0, 0.05) is 31.3 Å². The molecule has 7 nitrogen and oxygen atoms in total. The highest BCUT2D eigenvalue weighted by Crippen LogP contribution is 2.29. The Labute approximate surface area is 147 Å². The Morgan fingerprint density at radius 3 is 2.92 bits per heavy atom. The Kier molecular flexibility index (Phi) is 4.40. The van der Waals surface area contributed by atoms with Gasteiger partial charge in [0.15, 0.2) is 0 Å². The Balaban J connectivity index is 1.55. The third-order valence-corrected chi connectivity index (χ3v) is 4.49. The van der Waals surface area contributed by atoms with Gasteiger partial charge < -0.3 is 14.8 Å². The fourth-order valence-electron chi connectivity index (χ4n) is 3.07. The van der Waals surface area contributed by atoms with E-state index in [1.54, 1.807) is 6.20 Å². The van der Waals surface area contributed by atoms with Crippen LogP contribution < -0.4 is 10.1 Å². The molecule has 7 heteroatoms. The molecule has 1 fully saturated rings. The molecule has 1 N–H and O–H groups in total. The van der Waals surface area contributed by atoms with Crippen molar-refractivity contribution in [3.63, 3.8) is 0 Å². The zero-order valence-corrected chi connectivity index (χ0v) is 14.6. The van der Waals surface area contributed by atoms with Crippen LogP contribution in [-0.4, -0.2) is 39.9 Å². The zero-order valence-electron chi connectivity index (χ0n) is 14.6. The number of ether oxygens (including phenoxy) is 2. The van der Waals surface area contributed by atoms with Gasteiger partial charge >= 0.3 is 0 Å². The van der Waals surface area contributed by atoms with E-state index in [-0.39, 0.29) is 6.10 Å². The summed E-state index contributed by atoms with van der Waals surface area (Å²) in [5.74, 6) is 1.46. The van der Waals surface area contributed by atoms with Crippen LogP contribution in [0.2, 0.25) is 0 Å². The molecule has 4 rings (SSSR count).